The van der Waals surface area contributed by atoms with Gasteiger partial charge in [-0.2, -0.15) is 0 Å². The van der Waals surface area contributed by atoms with Crippen molar-refractivity contribution in [3.8, 4) is 0 Å². The molecule has 0 amide bonds. The Labute approximate surface area is 99.5 Å². The minimum Gasteiger partial charge on any atom is -0.383 e. The molecule has 94 valence electrons. The molecule has 0 aromatic heterocycles. The summed E-state index contributed by atoms with van der Waals surface area (Å²) in [6.45, 7) is 6.81. The molecular weight excluding hydrogens is 200 g/mol. The van der Waals surface area contributed by atoms with Crippen molar-refractivity contribution in [3.05, 3.63) is 0 Å². The van der Waals surface area contributed by atoms with Gasteiger partial charge in [0.1, 0.15) is 0 Å². The van der Waals surface area contributed by atoms with Crippen LogP contribution in [0.15, 0.2) is 0 Å². The Morgan fingerprint density at radius 1 is 1.44 bits per heavy atom. The van der Waals surface area contributed by atoms with Crippen molar-refractivity contribution in [2.75, 3.05) is 40.4 Å². The number of likely N-dealkylation sites (N-methyl/N-ethyl adjacent to an activating group) is 1. The maximum Gasteiger partial charge on any atom is 0.0615 e. The lowest BCUT2D eigenvalue weighted by atomic mass is 9.92. The fraction of sp³-hybridized carbons (Fsp3) is 1.00. The van der Waals surface area contributed by atoms with E-state index in [0.29, 0.717) is 11.5 Å². The Bertz CT molecular complexity index is 226. The monoisotopic (exact) mass is 226 g/mol. The number of hydrogen-bond donors (Lipinski definition) is 1. The van der Waals surface area contributed by atoms with Crippen LogP contribution in [0.2, 0.25) is 0 Å². The smallest absolute Gasteiger partial charge is 0.0615 e. The minimum absolute atomic E-state index is 0.546. The van der Waals surface area contributed by atoms with E-state index in [1.807, 2.05) is 0 Å². The first kappa shape index (κ1) is 12.3. The van der Waals surface area contributed by atoms with Crippen LogP contribution < -0.4 is 5.32 Å². The van der Waals surface area contributed by atoms with Crippen LogP contribution in [-0.2, 0) is 4.74 Å². The number of hydrogen-bond acceptors (Lipinski definition) is 3. The van der Waals surface area contributed by atoms with E-state index in [-0.39, 0.29) is 0 Å². The molecular formula is C13H26N2O. The van der Waals surface area contributed by atoms with E-state index < -0.39 is 0 Å². The van der Waals surface area contributed by atoms with E-state index in [2.05, 4.69) is 24.2 Å². The quantitative estimate of drug-likeness (QED) is 0.766. The Balaban J connectivity index is 1.75. The Morgan fingerprint density at radius 3 is 2.75 bits per heavy atom. The van der Waals surface area contributed by atoms with Crippen LogP contribution in [0, 0.1) is 11.3 Å². The molecule has 0 radical (unpaired) electrons. The molecule has 1 heterocycles. The fourth-order valence-electron chi connectivity index (χ4n) is 3.12. The third-order valence-corrected chi connectivity index (χ3v) is 4.63. The number of methoxy groups -OCH3 is 1. The van der Waals surface area contributed by atoms with Gasteiger partial charge in [0.2, 0.25) is 0 Å². The molecule has 16 heavy (non-hydrogen) atoms. The molecule has 0 aromatic rings. The summed E-state index contributed by atoms with van der Waals surface area (Å²) < 4.78 is 5.21. The summed E-state index contributed by atoms with van der Waals surface area (Å²) in [6, 6.07) is 0.546. The molecule has 2 fully saturated rings. The maximum atomic E-state index is 5.21. The van der Waals surface area contributed by atoms with Crippen molar-refractivity contribution >= 4 is 0 Å². The van der Waals surface area contributed by atoms with E-state index in [0.717, 1.165) is 12.5 Å². The fourth-order valence-corrected chi connectivity index (χ4v) is 3.12. The van der Waals surface area contributed by atoms with Gasteiger partial charge in [-0.25, -0.2) is 0 Å². The van der Waals surface area contributed by atoms with Crippen LogP contribution in [0.5, 0.6) is 0 Å². The average molecular weight is 226 g/mol. The zero-order valence-electron chi connectivity index (χ0n) is 11.0. The minimum atomic E-state index is 0.546. The van der Waals surface area contributed by atoms with Gasteiger partial charge in [-0.15, -0.1) is 0 Å². The second kappa shape index (κ2) is 5.03. The summed E-state index contributed by atoms with van der Waals surface area (Å²) in [5.41, 5.74) is 0.715. The first-order valence-corrected chi connectivity index (χ1v) is 6.58. The SMILES string of the molecule is COCC(C)N(C)CC1CC12CCNCC2. The third kappa shape index (κ3) is 2.58. The van der Waals surface area contributed by atoms with E-state index >= 15 is 0 Å². The highest BCUT2D eigenvalue weighted by Crippen LogP contribution is 2.58. The van der Waals surface area contributed by atoms with Crippen molar-refractivity contribution in [2.45, 2.75) is 32.2 Å². The Hall–Kier alpha value is -0.120. The highest BCUT2D eigenvalue weighted by Gasteiger charge is 2.53. The van der Waals surface area contributed by atoms with Crippen molar-refractivity contribution in [2.24, 2.45) is 11.3 Å². The largest absolute Gasteiger partial charge is 0.383 e. The summed E-state index contributed by atoms with van der Waals surface area (Å²) in [5, 5.41) is 3.46. The van der Waals surface area contributed by atoms with Gasteiger partial charge >= 0.3 is 0 Å². The summed E-state index contributed by atoms with van der Waals surface area (Å²) in [5.74, 6) is 0.943. The van der Waals surface area contributed by atoms with Crippen LogP contribution in [0.4, 0.5) is 0 Å². The Kier molecular flexibility index (Phi) is 3.88. The normalized spacial score (nSPS) is 29.6. The molecule has 1 aliphatic carbocycles. The standard InChI is InChI=1S/C13H26N2O/c1-11(10-16-3)15(2)9-12-8-13(12)4-6-14-7-5-13/h11-12,14H,4-10H2,1-3H3. The molecule has 1 aliphatic heterocycles. The first-order valence-electron chi connectivity index (χ1n) is 6.58. The molecule has 0 aromatic carbocycles. The Morgan fingerprint density at radius 2 is 2.12 bits per heavy atom. The van der Waals surface area contributed by atoms with Crippen LogP contribution in [0.1, 0.15) is 26.2 Å². The van der Waals surface area contributed by atoms with Gasteiger partial charge in [0.05, 0.1) is 6.61 Å². The van der Waals surface area contributed by atoms with Gasteiger partial charge in [0, 0.05) is 19.7 Å². The van der Waals surface area contributed by atoms with Crippen molar-refractivity contribution in [1.29, 1.82) is 0 Å². The molecule has 1 spiro atoms. The second-order valence-electron chi connectivity index (χ2n) is 5.76. The van der Waals surface area contributed by atoms with Crippen LogP contribution >= 0.6 is 0 Å². The zero-order valence-corrected chi connectivity index (χ0v) is 11.0. The third-order valence-electron chi connectivity index (χ3n) is 4.63. The molecule has 2 aliphatic rings. The molecule has 2 unspecified atom stereocenters. The molecule has 1 saturated carbocycles. The lowest BCUT2D eigenvalue weighted by Gasteiger charge is -2.28. The van der Waals surface area contributed by atoms with Crippen molar-refractivity contribution in [1.82, 2.24) is 10.2 Å². The van der Waals surface area contributed by atoms with E-state index in [9.17, 15) is 0 Å². The molecule has 2 atom stereocenters. The lowest BCUT2D eigenvalue weighted by molar-refractivity contribution is 0.108. The molecule has 0 bridgehead atoms. The van der Waals surface area contributed by atoms with Gasteiger partial charge < -0.3 is 15.0 Å². The summed E-state index contributed by atoms with van der Waals surface area (Å²) in [4.78, 5) is 2.46. The van der Waals surface area contributed by atoms with Crippen LogP contribution in [-0.4, -0.2) is 51.3 Å². The summed E-state index contributed by atoms with van der Waals surface area (Å²) in [6.07, 6.45) is 4.24. The molecule has 3 heteroatoms. The van der Waals surface area contributed by atoms with E-state index in [4.69, 9.17) is 4.74 Å². The van der Waals surface area contributed by atoms with E-state index in [1.54, 1.807) is 7.11 Å². The summed E-state index contributed by atoms with van der Waals surface area (Å²) in [7, 11) is 4.02. The first-order chi connectivity index (χ1) is 7.68. The molecule has 3 nitrogen and oxygen atoms in total. The van der Waals surface area contributed by atoms with Crippen molar-refractivity contribution in [3.63, 3.8) is 0 Å². The predicted molar refractivity (Wildman–Crippen MR) is 66.6 cm³/mol. The van der Waals surface area contributed by atoms with Crippen molar-refractivity contribution < 1.29 is 4.74 Å². The predicted octanol–water partition coefficient (Wildman–Crippen LogP) is 1.34. The number of piperidine rings is 1. The maximum absolute atomic E-state index is 5.21. The number of rotatable bonds is 5. The number of nitrogens with one attached hydrogen (secondary N) is 1. The van der Waals surface area contributed by atoms with Gasteiger partial charge in [-0.3, -0.25) is 0 Å². The number of nitrogens with zero attached hydrogens (tertiary/aromatic N) is 1. The summed E-state index contributed by atoms with van der Waals surface area (Å²) >= 11 is 0. The van der Waals surface area contributed by atoms with Crippen LogP contribution in [0.3, 0.4) is 0 Å². The topological polar surface area (TPSA) is 24.5 Å². The number of ether oxygens (including phenoxy) is 1. The molecule has 2 rings (SSSR count). The second-order valence-corrected chi connectivity index (χ2v) is 5.76. The zero-order chi connectivity index (χ0) is 11.6. The highest BCUT2D eigenvalue weighted by atomic mass is 16.5. The average Bonchev–Trinajstić information content (AvgIpc) is 2.92. The molecule has 1 saturated heterocycles. The van der Waals surface area contributed by atoms with Gasteiger partial charge in [0.15, 0.2) is 0 Å². The van der Waals surface area contributed by atoms with Gasteiger partial charge in [-0.1, -0.05) is 0 Å². The lowest BCUT2D eigenvalue weighted by Crippen LogP contribution is -2.36. The van der Waals surface area contributed by atoms with Crippen LogP contribution in [0.25, 0.3) is 0 Å². The highest BCUT2D eigenvalue weighted by molar-refractivity contribution is 5.05. The van der Waals surface area contributed by atoms with E-state index in [1.165, 1.54) is 38.9 Å². The molecule has 1 N–H and O–H groups in total. The van der Waals surface area contributed by atoms with Gasteiger partial charge in [-0.05, 0) is 57.7 Å². The van der Waals surface area contributed by atoms with Gasteiger partial charge in [0.25, 0.3) is 0 Å².